The number of ether oxygens (including phenoxy) is 1. The van der Waals surface area contributed by atoms with E-state index in [1.165, 1.54) is 18.4 Å². The number of benzene rings is 1. The number of nitrogens with one attached hydrogen (secondary N) is 1. The van der Waals surface area contributed by atoms with Gasteiger partial charge in [-0.3, -0.25) is 0 Å². The molecule has 0 fully saturated rings. The number of para-hydroxylation sites is 1. The van der Waals surface area contributed by atoms with Crippen molar-refractivity contribution in [1.82, 2.24) is 10.3 Å². The highest BCUT2D eigenvalue weighted by Crippen LogP contribution is 2.27. The highest BCUT2D eigenvalue weighted by Gasteiger charge is 2.07. The summed E-state index contributed by atoms with van der Waals surface area (Å²) in [6.07, 6.45) is -0.496. The molecule has 1 amide bonds. The molecule has 0 aliphatic heterocycles. The van der Waals surface area contributed by atoms with Crippen LogP contribution in [0, 0.1) is 0 Å². The summed E-state index contributed by atoms with van der Waals surface area (Å²) >= 11 is 1.35. The van der Waals surface area contributed by atoms with Crippen LogP contribution in [-0.4, -0.2) is 18.1 Å². The molecular formula is C9H8N2O2S. The third kappa shape index (κ3) is 1.67. The van der Waals surface area contributed by atoms with Crippen LogP contribution in [0.2, 0.25) is 0 Å². The van der Waals surface area contributed by atoms with Crippen LogP contribution in [0.15, 0.2) is 24.3 Å². The van der Waals surface area contributed by atoms with Gasteiger partial charge in [-0.05, 0) is 12.1 Å². The topological polar surface area (TPSA) is 51.2 Å². The minimum atomic E-state index is -0.496. The lowest BCUT2D eigenvalue weighted by atomic mass is 10.3. The number of hydrogen-bond acceptors (Lipinski definition) is 4. The summed E-state index contributed by atoms with van der Waals surface area (Å²) in [4.78, 5) is 15.0. The fourth-order valence-electron chi connectivity index (χ4n) is 1.03. The maximum Gasteiger partial charge on any atom is 0.414 e. The van der Waals surface area contributed by atoms with E-state index in [0.717, 1.165) is 10.2 Å². The summed E-state index contributed by atoms with van der Waals surface area (Å²) in [6, 6.07) is 7.63. The Balaban J connectivity index is 2.31. The second-order valence-corrected chi connectivity index (χ2v) is 3.58. The normalized spacial score (nSPS) is 10.1. The Morgan fingerprint density at radius 2 is 2.29 bits per heavy atom. The number of carbonyl (C=O) groups excluding carboxylic acids is 1. The first-order valence-electron chi connectivity index (χ1n) is 4.05. The van der Waals surface area contributed by atoms with Crippen molar-refractivity contribution in [2.75, 3.05) is 7.05 Å². The summed E-state index contributed by atoms with van der Waals surface area (Å²) in [5.74, 6) is 0. The van der Waals surface area contributed by atoms with Crippen molar-refractivity contribution < 1.29 is 9.53 Å². The summed E-state index contributed by atoms with van der Waals surface area (Å²) in [6.45, 7) is 0. The zero-order valence-electron chi connectivity index (χ0n) is 7.48. The van der Waals surface area contributed by atoms with E-state index in [-0.39, 0.29) is 0 Å². The molecule has 0 saturated carbocycles. The molecule has 0 atom stereocenters. The predicted octanol–water partition coefficient (Wildman–Crippen LogP) is 2.01. The van der Waals surface area contributed by atoms with E-state index in [9.17, 15) is 4.79 Å². The third-order valence-electron chi connectivity index (χ3n) is 1.66. The van der Waals surface area contributed by atoms with Crippen molar-refractivity contribution in [2.24, 2.45) is 0 Å². The maximum absolute atomic E-state index is 10.9. The molecule has 2 aromatic rings. The second-order valence-electron chi connectivity index (χ2n) is 2.59. The highest BCUT2D eigenvalue weighted by molar-refractivity contribution is 7.20. The zero-order valence-corrected chi connectivity index (χ0v) is 8.30. The van der Waals surface area contributed by atoms with Crippen molar-refractivity contribution in [3.05, 3.63) is 24.3 Å². The molecule has 5 heteroatoms. The molecule has 0 aliphatic carbocycles. The Hall–Kier alpha value is -1.62. The largest absolute Gasteiger partial charge is 0.414 e. The molecule has 1 heterocycles. The molecule has 0 radical (unpaired) electrons. The molecule has 1 aromatic carbocycles. The zero-order chi connectivity index (χ0) is 9.97. The Morgan fingerprint density at radius 3 is 3.00 bits per heavy atom. The van der Waals surface area contributed by atoms with E-state index >= 15 is 0 Å². The molecule has 1 N–H and O–H groups in total. The SMILES string of the molecule is CNC(=O)Oc1nc2ccccc2s1. The fraction of sp³-hybridized carbons (Fsp3) is 0.111. The second kappa shape index (κ2) is 3.63. The predicted molar refractivity (Wildman–Crippen MR) is 54.7 cm³/mol. The summed E-state index contributed by atoms with van der Waals surface area (Å²) in [7, 11) is 1.51. The molecule has 1 aromatic heterocycles. The van der Waals surface area contributed by atoms with Crippen molar-refractivity contribution in [3.63, 3.8) is 0 Å². The van der Waals surface area contributed by atoms with E-state index in [0.29, 0.717) is 5.19 Å². The van der Waals surface area contributed by atoms with Gasteiger partial charge >= 0.3 is 6.09 Å². The molecule has 72 valence electrons. The van der Waals surface area contributed by atoms with Crippen molar-refractivity contribution >= 4 is 27.6 Å². The molecule has 2 rings (SSSR count). The van der Waals surface area contributed by atoms with Gasteiger partial charge in [0.25, 0.3) is 5.19 Å². The van der Waals surface area contributed by atoms with E-state index in [1.54, 1.807) is 0 Å². The van der Waals surface area contributed by atoms with Crippen LogP contribution in [-0.2, 0) is 0 Å². The van der Waals surface area contributed by atoms with E-state index in [2.05, 4.69) is 10.3 Å². The number of hydrogen-bond donors (Lipinski definition) is 1. The van der Waals surface area contributed by atoms with Crippen LogP contribution < -0.4 is 10.1 Å². The molecule has 0 spiro atoms. The van der Waals surface area contributed by atoms with Gasteiger partial charge in [-0.2, -0.15) is 0 Å². The monoisotopic (exact) mass is 208 g/mol. The van der Waals surface area contributed by atoms with Crippen LogP contribution in [0.4, 0.5) is 4.79 Å². The van der Waals surface area contributed by atoms with Gasteiger partial charge in [0.05, 0.1) is 10.2 Å². The van der Waals surface area contributed by atoms with Gasteiger partial charge in [0.1, 0.15) is 0 Å². The average molecular weight is 208 g/mol. The summed E-state index contributed by atoms with van der Waals surface area (Å²) in [5.41, 5.74) is 0.844. The van der Waals surface area contributed by atoms with Gasteiger partial charge in [0, 0.05) is 7.05 Å². The number of amides is 1. The number of aromatic nitrogens is 1. The Bertz CT molecular complexity index is 434. The molecule has 4 nitrogen and oxygen atoms in total. The van der Waals surface area contributed by atoms with Crippen molar-refractivity contribution in [3.8, 4) is 5.19 Å². The lowest BCUT2D eigenvalue weighted by Crippen LogP contribution is -2.21. The standard InChI is InChI=1S/C9H8N2O2S/c1-10-8(12)13-9-11-6-4-2-3-5-7(6)14-9/h2-5H,1H3,(H,10,12). The van der Waals surface area contributed by atoms with Crippen LogP contribution in [0.5, 0.6) is 5.19 Å². The molecule has 0 unspecified atom stereocenters. The van der Waals surface area contributed by atoms with Crippen LogP contribution in [0.25, 0.3) is 10.2 Å². The Morgan fingerprint density at radius 1 is 1.50 bits per heavy atom. The number of thiazole rings is 1. The van der Waals surface area contributed by atoms with Gasteiger partial charge in [0.15, 0.2) is 0 Å². The van der Waals surface area contributed by atoms with Gasteiger partial charge in [-0.25, -0.2) is 9.78 Å². The molecule has 0 aliphatic rings. The lowest BCUT2D eigenvalue weighted by molar-refractivity contribution is 0.203. The number of nitrogens with zero attached hydrogens (tertiary/aromatic N) is 1. The molecule has 14 heavy (non-hydrogen) atoms. The lowest BCUT2D eigenvalue weighted by Gasteiger charge is -1.95. The minimum absolute atomic E-state index is 0.366. The van der Waals surface area contributed by atoms with E-state index < -0.39 is 6.09 Å². The molecular weight excluding hydrogens is 200 g/mol. The summed E-state index contributed by atoms with van der Waals surface area (Å²) < 4.78 is 5.91. The third-order valence-corrected chi connectivity index (χ3v) is 2.57. The van der Waals surface area contributed by atoms with Crippen LogP contribution in [0.1, 0.15) is 0 Å². The summed E-state index contributed by atoms with van der Waals surface area (Å²) in [5, 5.41) is 2.73. The van der Waals surface area contributed by atoms with Crippen LogP contribution in [0.3, 0.4) is 0 Å². The fourth-order valence-corrected chi connectivity index (χ4v) is 1.84. The highest BCUT2D eigenvalue weighted by atomic mass is 32.1. The molecule has 0 saturated heterocycles. The van der Waals surface area contributed by atoms with Crippen LogP contribution >= 0.6 is 11.3 Å². The van der Waals surface area contributed by atoms with Gasteiger partial charge in [-0.1, -0.05) is 23.5 Å². The first-order chi connectivity index (χ1) is 6.79. The number of rotatable bonds is 1. The Kier molecular flexibility index (Phi) is 2.32. The number of fused-ring (bicyclic) bond motifs is 1. The smallest absolute Gasteiger partial charge is 0.381 e. The number of carbonyl (C=O) groups is 1. The quantitative estimate of drug-likeness (QED) is 0.780. The average Bonchev–Trinajstić information content (AvgIpc) is 2.59. The van der Waals surface area contributed by atoms with E-state index in [4.69, 9.17) is 4.74 Å². The van der Waals surface area contributed by atoms with Crippen molar-refractivity contribution in [1.29, 1.82) is 0 Å². The first kappa shape index (κ1) is 8.96. The van der Waals surface area contributed by atoms with Gasteiger partial charge < -0.3 is 10.1 Å². The van der Waals surface area contributed by atoms with Gasteiger partial charge in [-0.15, -0.1) is 0 Å². The minimum Gasteiger partial charge on any atom is -0.381 e. The Labute approximate surface area is 84.5 Å². The van der Waals surface area contributed by atoms with Gasteiger partial charge in [0.2, 0.25) is 0 Å². The van der Waals surface area contributed by atoms with Crippen molar-refractivity contribution in [2.45, 2.75) is 0 Å². The first-order valence-corrected chi connectivity index (χ1v) is 4.86. The van der Waals surface area contributed by atoms with E-state index in [1.807, 2.05) is 24.3 Å². The maximum atomic E-state index is 10.9. The molecule has 0 bridgehead atoms.